The molecule has 1 aromatic rings. The van der Waals surface area contributed by atoms with E-state index in [0.717, 1.165) is 9.39 Å². The molecule has 0 radical (unpaired) electrons. The van der Waals surface area contributed by atoms with Crippen LogP contribution in [0.4, 0.5) is 5.82 Å². The van der Waals surface area contributed by atoms with Gasteiger partial charge in [0.1, 0.15) is 12.1 Å². The largest absolute Gasteiger partial charge is 0.396 e. The predicted octanol–water partition coefficient (Wildman–Crippen LogP) is 1.51. The molecule has 0 aliphatic heterocycles. The minimum atomic E-state index is -0.131. The molecule has 2 N–H and O–H groups in total. The van der Waals surface area contributed by atoms with Gasteiger partial charge in [-0.1, -0.05) is 13.8 Å². The molecule has 0 bridgehead atoms. The maximum absolute atomic E-state index is 9.07. The number of hydrogen-bond donors (Lipinski definition) is 2. The summed E-state index contributed by atoms with van der Waals surface area (Å²) in [6.07, 6.45) is 3.26. The summed E-state index contributed by atoms with van der Waals surface area (Å²) in [7, 11) is 0. The van der Waals surface area contributed by atoms with Crippen molar-refractivity contribution in [1.29, 1.82) is 0 Å². The van der Waals surface area contributed by atoms with E-state index in [0.29, 0.717) is 6.54 Å². The van der Waals surface area contributed by atoms with Crippen LogP contribution in [-0.2, 0) is 0 Å². The topological polar surface area (TPSA) is 58.0 Å². The summed E-state index contributed by atoms with van der Waals surface area (Å²) < 4.78 is 0.985. The van der Waals surface area contributed by atoms with Crippen molar-refractivity contribution < 1.29 is 5.11 Å². The van der Waals surface area contributed by atoms with Crippen LogP contribution in [-0.4, -0.2) is 28.2 Å². The van der Waals surface area contributed by atoms with Crippen molar-refractivity contribution in [1.82, 2.24) is 9.97 Å². The lowest BCUT2D eigenvalue weighted by Crippen LogP contribution is -2.27. The van der Waals surface area contributed by atoms with Crippen LogP contribution in [0.2, 0.25) is 0 Å². The fraction of sp³-hybridized carbons (Fsp3) is 0.556. The van der Waals surface area contributed by atoms with Gasteiger partial charge in [0.15, 0.2) is 0 Å². The van der Waals surface area contributed by atoms with Crippen molar-refractivity contribution in [2.45, 2.75) is 13.8 Å². The first-order chi connectivity index (χ1) is 6.55. The molecule has 0 saturated heterocycles. The summed E-state index contributed by atoms with van der Waals surface area (Å²) >= 11 is 2.17. The van der Waals surface area contributed by atoms with Gasteiger partial charge in [0.25, 0.3) is 0 Å². The van der Waals surface area contributed by atoms with Gasteiger partial charge < -0.3 is 10.4 Å². The number of anilines is 1. The van der Waals surface area contributed by atoms with E-state index in [1.165, 1.54) is 6.33 Å². The first-order valence-corrected chi connectivity index (χ1v) is 5.43. The monoisotopic (exact) mass is 307 g/mol. The van der Waals surface area contributed by atoms with E-state index in [-0.39, 0.29) is 12.0 Å². The zero-order chi connectivity index (χ0) is 10.6. The predicted molar refractivity (Wildman–Crippen MR) is 64.1 cm³/mol. The number of hydrogen-bond acceptors (Lipinski definition) is 4. The fourth-order valence-electron chi connectivity index (χ4n) is 0.822. The molecule has 14 heavy (non-hydrogen) atoms. The molecule has 0 unspecified atom stereocenters. The van der Waals surface area contributed by atoms with Gasteiger partial charge in [0, 0.05) is 24.8 Å². The molecular weight excluding hydrogens is 293 g/mol. The Morgan fingerprint density at radius 3 is 2.86 bits per heavy atom. The third kappa shape index (κ3) is 3.38. The molecular formula is C9H14IN3O. The summed E-state index contributed by atoms with van der Waals surface area (Å²) in [4.78, 5) is 8.01. The normalized spacial score (nSPS) is 11.4. The van der Waals surface area contributed by atoms with Crippen LogP contribution in [0, 0.1) is 8.99 Å². The van der Waals surface area contributed by atoms with Crippen LogP contribution in [0.25, 0.3) is 0 Å². The quantitative estimate of drug-likeness (QED) is 0.828. The van der Waals surface area contributed by atoms with Gasteiger partial charge in [0.05, 0.1) is 3.57 Å². The highest BCUT2D eigenvalue weighted by Gasteiger charge is 2.16. The van der Waals surface area contributed by atoms with E-state index < -0.39 is 0 Å². The van der Waals surface area contributed by atoms with E-state index >= 15 is 0 Å². The lowest BCUT2D eigenvalue weighted by Gasteiger charge is -2.22. The summed E-state index contributed by atoms with van der Waals surface area (Å²) in [6, 6.07) is 0. The smallest absolute Gasteiger partial charge is 0.142 e. The van der Waals surface area contributed by atoms with Gasteiger partial charge in [-0.05, 0) is 22.6 Å². The Balaban J connectivity index is 2.58. The molecule has 0 spiro atoms. The number of nitrogens with zero attached hydrogens (tertiary/aromatic N) is 2. The molecule has 4 nitrogen and oxygen atoms in total. The van der Waals surface area contributed by atoms with Crippen molar-refractivity contribution in [2.75, 3.05) is 18.5 Å². The van der Waals surface area contributed by atoms with E-state index in [2.05, 4.69) is 37.9 Å². The third-order valence-corrected chi connectivity index (χ3v) is 2.62. The Morgan fingerprint density at radius 2 is 2.29 bits per heavy atom. The zero-order valence-electron chi connectivity index (χ0n) is 8.29. The number of aliphatic hydroxyl groups excluding tert-OH is 1. The molecule has 1 rings (SSSR count). The maximum Gasteiger partial charge on any atom is 0.142 e. The van der Waals surface area contributed by atoms with Crippen LogP contribution in [0.5, 0.6) is 0 Å². The molecule has 0 saturated carbocycles. The van der Waals surface area contributed by atoms with E-state index in [1.807, 2.05) is 13.8 Å². The molecule has 1 heterocycles. The SMILES string of the molecule is CC(C)(CO)CNc1ncncc1I. The van der Waals surface area contributed by atoms with Crippen LogP contribution < -0.4 is 5.32 Å². The minimum Gasteiger partial charge on any atom is -0.396 e. The number of nitrogens with one attached hydrogen (secondary N) is 1. The molecule has 0 aliphatic carbocycles. The molecule has 0 aliphatic rings. The standard InChI is InChI=1S/C9H14IN3O/c1-9(2,5-14)4-12-8-7(10)3-11-6-13-8/h3,6,14H,4-5H2,1-2H3,(H,11,12,13). The second-order valence-corrected chi connectivity index (χ2v) is 5.06. The van der Waals surface area contributed by atoms with Crippen molar-refractivity contribution in [3.63, 3.8) is 0 Å². The molecule has 5 heteroatoms. The maximum atomic E-state index is 9.07. The van der Waals surface area contributed by atoms with Gasteiger partial charge in [0.2, 0.25) is 0 Å². The van der Waals surface area contributed by atoms with Gasteiger partial charge in [-0.15, -0.1) is 0 Å². The molecule has 0 aromatic carbocycles. The van der Waals surface area contributed by atoms with Crippen molar-refractivity contribution in [3.8, 4) is 0 Å². The first kappa shape index (κ1) is 11.6. The second-order valence-electron chi connectivity index (χ2n) is 3.90. The summed E-state index contributed by atoms with van der Waals surface area (Å²) in [5.41, 5.74) is -0.131. The van der Waals surface area contributed by atoms with Gasteiger partial charge in [-0.3, -0.25) is 0 Å². The first-order valence-electron chi connectivity index (χ1n) is 4.35. The summed E-state index contributed by atoms with van der Waals surface area (Å²) in [5.74, 6) is 0.821. The average molecular weight is 307 g/mol. The zero-order valence-corrected chi connectivity index (χ0v) is 10.4. The summed E-state index contributed by atoms with van der Waals surface area (Å²) in [6.45, 7) is 4.83. The van der Waals surface area contributed by atoms with Gasteiger partial charge >= 0.3 is 0 Å². The van der Waals surface area contributed by atoms with E-state index in [1.54, 1.807) is 6.20 Å². The van der Waals surface area contributed by atoms with Crippen LogP contribution in [0.3, 0.4) is 0 Å². The van der Waals surface area contributed by atoms with E-state index in [9.17, 15) is 0 Å². The van der Waals surface area contributed by atoms with Crippen LogP contribution in [0.1, 0.15) is 13.8 Å². The Labute approximate surface area is 97.3 Å². The van der Waals surface area contributed by atoms with Crippen LogP contribution >= 0.6 is 22.6 Å². The highest BCUT2D eigenvalue weighted by atomic mass is 127. The van der Waals surface area contributed by atoms with Crippen LogP contribution in [0.15, 0.2) is 12.5 Å². The Kier molecular flexibility index (Phi) is 4.06. The second kappa shape index (κ2) is 4.88. The lowest BCUT2D eigenvalue weighted by atomic mass is 9.95. The number of rotatable bonds is 4. The van der Waals surface area contributed by atoms with E-state index in [4.69, 9.17) is 5.11 Å². The highest BCUT2D eigenvalue weighted by Crippen LogP contribution is 2.17. The third-order valence-electron chi connectivity index (χ3n) is 1.83. The van der Waals surface area contributed by atoms with Gasteiger partial charge in [-0.2, -0.15) is 0 Å². The Morgan fingerprint density at radius 1 is 1.57 bits per heavy atom. The lowest BCUT2D eigenvalue weighted by molar-refractivity contribution is 0.170. The minimum absolute atomic E-state index is 0.131. The van der Waals surface area contributed by atoms with Gasteiger partial charge in [-0.25, -0.2) is 9.97 Å². The van der Waals surface area contributed by atoms with Crippen molar-refractivity contribution in [2.24, 2.45) is 5.41 Å². The number of aromatic nitrogens is 2. The molecule has 78 valence electrons. The average Bonchev–Trinajstić information content (AvgIpc) is 2.17. The highest BCUT2D eigenvalue weighted by molar-refractivity contribution is 14.1. The molecule has 0 atom stereocenters. The Bertz CT molecular complexity index is 304. The van der Waals surface area contributed by atoms with Crippen molar-refractivity contribution in [3.05, 3.63) is 16.1 Å². The Hall–Kier alpha value is -0.430. The molecule has 1 aromatic heterocycles. The molecule has 0 amide bonds. The fourth-order valence-corrected chi connectivity index (χ4v) is 1.31. The number of halogens is 1. The summed E-state index contributed by atoms with van der Waals surface area (Å²) in [5, 5.41) is 12.3. The molecule has 0 fully saturated rings. The number of aliphatic hydroxyl groups is 1. The van der Waals surface area contributed by atoms with Crippen molar-refractivity contribution >= 4 is 28.4 Å².